The molecular formula is C25H28ClF2N4O4P. The molecule has 0 aliphatic heterocycles. The van der Waals surface area contributed by atoms with Crippen LogP contribution in [0.3, 0.4) is 0 Å². The van der Waals surface area contributed by atoms with Crippen LogP contribution in [0.4, 0.5) is 8.78 Å². The maximum absolute atomic E-state index is 13.4. The third kappa shape index (κ3) is 6.36. The lowest BCUT2D eigenvalue weighted by atomic mass is 9.59. The van der Waals surface area contributed by atoms with Crippen molar-refractivity contribution in [3.05, 3.63) is 64.0 Å². The maximum Gasteiger partial charge on any atom is 0.301 e. The Bertz CT molecular complexity index is 1310. The van der Waals surface area contributed by atoms with E-state index in [1.807, 2.05) is 45.9 Å². The van der Waals surface area contributed by atoms with Gasteiger partial charge in [-0.15, -0.1) is 0 Å². The fourth-order valence-electron chi connectivity index (χ4n) is 4.69. The normalized spacial score (nSPS) is 21.3. The molecule has 1 aliphatic rings. The van der Waals surface area contributed by atoms with Crippen LogP contribution in [0.1, 0.15) is 55.2 Å². The first-order valence-electron chi connectivity index (χ1n) is 11.6. The van der Waals surface area contributed by atoms with Gasteiger partial charge < -0.3 is 19.3 Å². The summed E-state index contributed by atoms with van der Waals surface area (Å²) in [6.07, 6.45) is 2.36. The first kappa shape index (κ1) is 27.2. The number of halogens is 3. The Hall–Kier alpha value is -2.84. The average Bonchev–Trinajstić information content (AvgIpc) is 3.26. The number of hydrogen-bond donors (Lipinski definition) is 1. The fraction of sp³-hybridized carbons (Fsp3) is 0.440. The van der Waals surface area contributed by atoms with Crippen molar-refractivity contribution in [1.29, 1.82) is 0 Å². The lowest BCUT2D eigenvalue weighted by Gasteiger charge is -2.51. The Balaban J connectivity index is 1.28. The Morgan fingerprint density at radius 2 is 1.92 bits per heavy atom. The number of nitrogens with one attached hydrogen (secondary N) is 1. The number of nitrogens with zero attached hydrogens (tertiary/aromatic N) is 3. The van der Waals surface area contributed by atoms with Crippen LogP contribution in [0.25, 0.3) is 0 Å². The molecule has 2 aromatic heterocycles. The highest BCUT2D eigenvalue weighted by Gasteiger charge is 2.53. The number of amides is 1. The lowest BCUT2D eigenvalue weighted by Crippen LogP contribution is -2.61. The Morgan fingerprint density at radius 1 is 1.19 bits per heavy atom. The molecule has 1 unspecified atom stereocenters. The zero-order chi connectivity index (χ0) is 27.0. The van der Waals surface area contributed by atoms with E-state index in [0.29, 0.717) is 24.5 Å². The zero-order valence-electron chi connectivity index (χ0n) is 20.9. The molecule has 1 aliphatic carbocycles. The molecule has 2 heterocycles. The highest BCUT2D eigenvalue weighted by molar-refractivity contribution is 7.17. The number of alkyl halides is 2. The summed E-state index contributed by atoms with van der Waals surface area (Å²) in [6.45, 7) is 7.82. The summed E-state index contributed by atoms with van der Waals surface area (Å²) in [5.74, 6) is 1.35. The molecule has 1 fully saturated rings. The Labute approximate surface area is 220 Å². The van der Waals surface area contributed by atoms with Crippen LogP contribution >= 0.6 is 20.8 Å². The van der Waals surface area contributed by atoms with Gasteiger partial charge in [-0.3, -0.25) is 4.79 Å². The summed E-state index contributed by atoms with van der Waals surface area (Å²) in [5, 5.41) is 6.77. The molecule has 3 aromatic rings. The average molecular weight is 553 g/mol. The number of carbonyl (C=O) groups is 1. The van der Waals surface area contributed by atoms with E-state index in [1.165, 1.54) is 15.3 Å². The van der Waals surface area contributed by atoms with E-state index in [9.17, 15) is 13.6 Å². The quantitative estimate of drug-likeness (QED) is 0.362. The first-order chi connectivity index (χ1) is 17.3. The predicted molar refractivity (Wildman–Crippen MR) is 136 cm³/mol. The highest BCUT2D eigenvalue weighted by atomic mass is 35.5. The Kier molecular flexibility index (Phi) is 7.45. The minimum absolute atomic E-state index is 0.0575. The van der Waals surface area contributed by atoms with E-state index >= 15 is 0 Å². The van der Waals surface area contributed by atoms with Gasteiger partial charge in [-0.1, -0.05) is 39.0 Å². The molecule has 198 valence electrons. The van der Waals surface area contributed by atoms with Gasteiger partial charge in [0.15, 0.2) is 13.2 Å². The highest BCUT2D eigenvalue weighted by Crippen LogP contribution is 2.49. The fourth-order valence-corrected chi connectivity index (χ4v) is 5.29. The third-order valence-corrected chi connectivity index (χ3v) is 6.90. The van der Waals surface area contributed by atoms with Crippen LogP contribution in [-0.2, 0) is 22.5 Å². The third-order valence-electron chi connectivity index (χ3n) is 6.33. The molecule has 1 amide bonds. The maximum atomic E-state index is 13.4. The molecule has 0 radical (unpaired) electrons. The second kappa shape index (κ2) is 10.1. The van der Waals surface area contributed by atoms with Crippen molar-refractivity contribution in [2.75, 3.05) is 6.61 Å². The van der Waals surface area contributed by atoms with Crippen molar-refractivity contribution in [3.8, 4) is 11.5 Å². The number of benzene rings is 1. The molecule has 8 nitrogen and oxygen atoms in total. The summed E-state index contributed by atoms with van der Waals surface area (Å²) >= 11 is 5.89. The summed E-state index contributed by atoms with van der Waals surface area (Å²) in [4.78, 5) is 20.6. The van der Waals surface area contributed by atoms with E-state index < -0.39 is 22.3 Å². The SMILES string of the molecule is Cc1ccc(OCC(=O)NC2(C)CC(C)(c3nc(COc4cnc(C(F)(F)P)c(Cl)c4)no3)C2)cc1C. The van der Waals surface area contributed by atoms with Gasteiger partial charge in [0, 0.05) is 11.6 Å². The number of rotatable bonds is 9. The molecule has 37 heavy (non-hydrogen) atoms. The first-order valence-corrected chi connectivity index (χ1v) is 12.5. The number of aryl methyl sites for hydroxylation is 2. The van der Waals surface area contributed by atoms with Gasteiger partial charge in [-0.25, -0.2) is 4.98 Å². The van der Waals surface area contributed by atoms with Crippen LogP contribution in [-0.4, -0.2) is 33.2 Å². The Morgan fingerprint density at radius 3 is 2.57 bits per heavy atom. The summed E-state index contributed by atoms with van der Waals surface area (Å²) in [7, 11) is 1.39. The van der Waals surface area contributed by atoms with Gasteiger partial charge >= 0.3 is 5.66 Å². The summed E-state index contributed by atoms with van der Waals surface area (Å²) in [5.41, 5.74) is -2.39. The molecule has 1 aromatic carbocycles. The molecule has 0 bridgehead atoms. The van der Waals surface area contributed by atoms with Gasteiger partial charge in [0.1, 0.15) is 17.2 Å². The molecule has 1 saturated carbocycles. The van der Waals surface area contributed by atoms with Gasteiger partial charge in [0.05, 0.1) is 16.6 Å². The van der Waals surface area contributed by atoms with Crippen molar-refractivity contribution in [2.45, 2.75) is 63.8 Å². The van der Waals surface area contributed by atoms with E-state index in [0.717, 1.165) is 17.3 Å². The molecular weight excluding hydrogens is 525 g/mol. The van der Waals surface area contributed by atoms with Gasteiger partial charge in [0.25, 0.3) is 5.91 Å². The van der Waals surface area contributed by atoms with Crippen molar-refractivity contribution in [2.24, 2.45) is 0 Å². The monoisotopic (exact) mass is 552 g/mol. The van der Waals surface area contributed by atoms with Crippen LogP contribution in [0.15, 0.2) is 35.0 Å². The largest absolute Gasteiger partial charge is 0.484 e. The lowest BCUT2D eigenvalue weighted by molar-refractivity contribution is -0.127. The molecule has 1 atom stereocenters. The van der Waals surface area contributed by atoms with Crippen molar-refractivity contribution < 1.29 is 27.6 Å². The number of pyridine rings is 1. The minimum Gasteiger partial charge on any atom is -0.484 e. The van der Waals surface area contributed by atoms with E-state index in [-0.39, 0.29) is 35.7 Å². The number of aromatic nitrogens is 3. The van der Waals surface area contributed by atoms with Crippen LogP contribution < -0.4 is 14.8 Å². The molecule has 1 N–H and O–H groups in total. The standard InChI is InChI=1S/C25H28ClF2N4O4P/c1-14-5-6-16(7-15(14)2)35-11-20(33)31-24(4)12-23(3,13-24)22-30-19(32-36-22)10-34-17-8-18(26)21(29-9-17)25(27,28)37/h5-9H,10-13,37H2,1-4H3,(H,31,33). The number of hydrogen-bond acceptors (Lipinski definition) is 7. The smallest absolute Gasteiger partial charge is 0.301 e. The minimum atomic E-state index is -3.24. The van der Waals surface area contributed by atoms with Crippen LogP contribution in [0.2, 0.25) is 5.02 Å². The van der Waals surface area contributed by atoms with Crippen LogP contribution in [0, 0.1) is 13.8 Å². The van der Waals surface area contributed by atoms with Gasteiger partial charge in [0.2, 0.25) is 11.7 Å². The van der Waals surface area contributed by atoms with Crippen molar-refractivity contribution >= 4 is 26.7 Å². The van der Waals surface area contributed by atoms with Crippen molar-refractivity contribution in [3.63, 3.8) is 0 Å². The molecule has 0 spiro atoms. The van der Waals surface area contributed by atoms with E-state index in [4.69, 9.17) is 25.6 Å². The van der Waals surface area contributed by atoms with E-state index in [2.05, 4.69) is 20.4 Å². The topological polar surface area (TPSA) is 99.4 Å². The molecule has 0 saturated heterocycles. The number of carbonyl (C=O) groups excluding carboxylic acids is 1. The second-order valence-electron chi connectivity index (χ2n) is 9.99. The summed E-state index contributed by atoms with van der Waals surface area (Å²) in [6, 6.07) is 6.97. The molecule has 12 heteroatoms. The van der Waals surface area contributed by atoms with E-state index in [1.54, 1.807) is 0 Å². The molecule has 4 rings (SSSR count). The predicted octanol–water partition coefficient (Wildman–Crippen LogP) is 5.24. The van der Waals surface area contributed by atoms with Crippen molar-refractivity contribution in [1.82, 2.24) is 20.4 Å². The summed E-state index contributed by atoms with van der Waals surface area (Å²) < 4.78 is 43.5. The second-order valence-corrected chi connectivity index (χ2v) is 11.1. The van der Waals surface area contributed by atoms with Crippen LogP contribution in [0.5, 0.6) is 11.5 Å². The van der Waals surface area contributed by atoms with Gasteiger partial charge in [-0.05, 0) is 56.9 Å². The zero-order valence-corrected chi connectivity index (χ0v) is 22.8. The number of ether oxygens (including phenoxy) is 2. The van der Waals surface area contributed by atoms with Gasteiger partial charge in [-0.2, -0.15) is 13.8 Å².